The number of alkyl halides is 6. The molecular formula is C25H23F6N3O3. The number of carbonyl (C=O) groups excluding carboxylic acids is 1. The number of hydrogen-bond acceptors (Lipinski definition) is 3. The van der Waals surface area contributed by atoms with Gasteiger partial charge >= 0.3 is 18.3 Å². The summed E-state index contributed by atoms with van der Waals surface area (Å²) in [6.45, 7) is 3.26. The topological polar surface area (TPSA) is 84.2 Å². The van der Waals surface area contributed by atoms with Gasteiger partial charge in [0.15, 0.2) is 5.69 Å². The van der Waals surface area contributed by atoms with Gasteiger partial charge in [0.05, 0.1) is 22.4 Å². The van der Waals surface area contributed by atoms with Crippen molar-refractivity contribution < 1.29 is 41.0 Å². The summed E-state index contributed by atoms with van der Waals surface area (Å²) in [5.74, 6) is -2.50. The first kappa shape index (κ1) is 27.8. The van der Waals surface area contributed by atoms with Crippen LogP contribution in [0.4, 0.5) is 26.3 Å². The molecule has 6 nitrogen and oxygen atoms in total. The second kappa shape index (κ2) is 10.3. The lowest BCUT2D eigenvalue weighted by Gasteiger charge is -2.16. The predicted octanol–water partition coefficient (Wildman–Crippen LogP) is 5.59. The highest BCUT2D eigenvalue weighted by atomic mass is 19.4. The lowest BCUT2D eigenvalue weighted by molar-refractivity contribution is -0.144. The molecule has 0 aliphatic carbocycles. The maximum absolute atomic E-state index is 13.8. The molecule has 1 amide bonds. The maximum Gasteiger partial charge on any atom is 0.433 e. The van der Waals surface area contributed by atoms with Gasteiger partial charge in [-0.05, 0) is 47.7 Å². The Kier molecular flexibility index (Phi) is 7.70. The Balaban J connectivity index is 1.86. The number of halogens is 6. The minimum Gasteiger partial charge on any atom is -0.478 e. The van der Waals surface area contributed by atoms with Crippen LogP contribution in [0.5, 0.6) is 0 Å². The lowest BCUT2D eigenvalue weighted by atomic mass is 9.96. The summed E-state index contributed by atoms with van der Waals surface area (Å²) in [4.78, 5) is 24.2. The molecular weight excluding hydrogens is 504 g/mol. The summed E-state index contributed by atoms with van der Waals surface area (Å²) < 4.78 is 80.4. The van der Waals surface area contributed by atoms with Crippen LogP contribution in [-0.2, 0) is 25.8 Å². The first-order valence-electron chi connectivity index (χ1n) is 11.0. The van der Waals surface area contributed by atoms with Crippen molar-refractivity contribution in [2.24, 2.45) is 7.05 Å². The molecule has 0 saturated heterocycles. The third-order valence-electron chi connectivity index (χ3n) is 5.89. The van der Waals surface area contributed by atoms with Crippen LogP contribution in [-0.4, -0.2) is 33.3 Å². The molecule has 0 spiro atoms. The quantitative estimate of drug-likeness (QED) is 0.393. The van der Waals surface area contributed by atoms with E-state index in [0.29, 0.717) is 15.8 Å². The number of carboxylic acids is 1. The Hall–Kier alpha value is -3.83. The van der Waals surface area contributed by atoms with Crippen molar-refractivity contribution in [2.45, 2.75) is 38.5 Å². The molecule has 0 radical (unpaired) electrons. The van der Waals surface area contributed by atoms with Crippen LogP contribution in [0.1, 0.15) is 67.2 Å². The molecule has 198 valence electrons. The largest absolute Gasteiger partial charge is 0.478 e. The van der Waals surface area contributed by atoms with Gasteiger partial charge in [0.25, 0.3) is 5.91 Å². The predicted molar refractivity (Wildman–Crippen MR) is 121 cm³/mol. The fourth-order valence-corrected chi connectivity index (χ4v) is 3.96. The molecule has 1 heterocycles. The van der Waals surface area contributed by atoms with Crippen LogP contribution in [0, 0.1) is 6.92 Å². The fourth-order valence-electron chi connectivity index (χ4n) is 3.96. The summed E-state index contributed by atoms with van der Waals surface area (Å²) >= 11 is 0. The van der Waals surface area contributed by atoms with Gasteiger partial charge in [0.1, 0.15) is 0 Å². The summed E-state index contributed by atoms with van der Waals surface area (Å²) in [5.41, 5.74) is -1.60. The summed E-state index contributed by atoms with van der Waals surface area (Å²) in [5, 5.41) is 15.5. The van der Waals surface area contributed by atoms with Crippen molar-refractivity contribution >= 4 is 11.9 Å². The normalized spacial score (nSPS) is 12.9. The first-order valence-corrected chi connectivity index (χ1v) is 11.0. The Bertz CT molecular complexity index is 1310. The molecule has 3 aromatic rings. The summed E-state index contributed by atoms with van der Waals surface area (Å²) in [6.07, 6.45) is -9.78. The highest BCUT2D eigenvalue weighted by Gasteiger charge is 2.41. The SMILES string of the molecule is Cc1cc([C@H](C)CNC(=O)c2c(Cc3ccc(C(F)(F)F)cc3)nn(C)c2C(F)(F)F)ccc1C(=O)O. The Morgan fingerprint density at radius 2 is 1.65 bits per heavy atom. The number of amides is 1. The third kappa shape index (κ3) is 6.30. The summed E-state index contributed by atoms with van der Waals surface area (Å²) in [6, 6.07) is 8.46. The van der Waals surface area contributed by atoms with Gasteiger partial charge in [0.2, 0.25) is 0 Å². The molecule has 3 rings (SSSR count). The van der Waals surface area contributed by atoms with Crippen LogP contribution in [0.15, 0.2) is 42.5 Å². The van der Waals surface area contributed by atoms with Crippen molar-refractivity contribution in [3.63, 3.8) is 0 Å². The molecule has 0 aliphatic heterocycles. The number of aryl methyl sites for hydroxylation is 2. The van der Waals surface area contributed by atoms with Crippen molar-refractivity contribution in [2.75, 3.05) is 6.54 Å². The Morgan fingerprint density at radius 3 is 2.16 bits per heavy atom. The highest BCUT2D eigenvalue weighted by molar-refractivity contribution is 5.97. The minimum atomic E-state index is -4.91. The number of benzene rings is 2. The Morgan fingerprint density at radius 1 is 1.03 bits per heavy atom. The molecule has 0 fully saturated rings. The van der Waals surface area contributed by atoms with E-state index >= 15 is 0 Å². The molecule has 1 atom stereocenters. The molecule has 0 saturated carbocycles. The second-order valence-electron chi connectivity index (χ2n) is 8.65. The van der Waals surface area contributed by atoms with Crippen LogP contribution in [0.2, 0.25) is 0 Å². The van der Waals surface area contributed by atoms with Crippen molar-refractivity contribution in [3.05, 3.63) is 87.2 Å². The average Bonchev–Trinajstić information content (AvgIpc) is 3.12. The van der Waals surface area contributed by atoms with E-state index in [1.165, 1.54) is 6.07 Å². The van der Waals surface area contributed by atoms with Gasteiger partial charge in [-0.1, -0.05) is 31.2 Å². The van der Waals surface area contributed by atoms with Gasteiger partial charge < -0.3 is 10.4 Å². The zero-order valence-electron chi connectivity index (χ0n) is 20.0. The van der Waals surface area contributed by atoms with Crippen LogP contribution in [0.25, 0.3) is 0 Å². The van der Waals surface area contributed by atoms with Crippen LogP contribution in [0.3, 0.4) is 0 Å². The van der Waals surface area contributed by atoms with E-state index in [4.69, 9.17) is 5.11 Å². The van der Waals surface area contributed by atoms with E-state index in [9.17, 15) is 35.9 Å². The van der Waals surface area contributed by atoms with E-state index in [2.05, 4.69) is 10.4 Å². The van der Waals surface area contributed by atoms with E-state index in [1.807, 2.05) is 0 Å². The third-order valence-corrected chi connectivity index (χ3v) is 5.89. The molecule has 2 aromatic carbocycles. The number of carboxylic acid groups (broad SMARTS) is 1. The second-order valence-corrected chi connectivity index (χ2v) is 8.65. The minimum absolute atomic E-state index is 0.0589. The van der Waals surface area contributed by atoms with Crippen molar-refractivity contribution in [1.82, 2.24) is 15.1 Å². The molecule has 1 aromatic heterocycles. The lowest BCUT2D eigenvalue weighted by Crippen LogP contribution is -2.30. The molecule has 37 heavy (non-hydrogen) atoms. The van der Waals surface area contributed by atoms with Crippen LogP contribution < -0.4 is 5.32 Å². The number of nitrogens with one attached hydrogen (secondary N) is 1. The zero-order valence-corrected chi connectivity index (χ0v) is 20.0. The maximum atomic E-state index is 13.8. The van der Waals surface area contributed by atoms with Gasteiger partial charge in [-0.15, -0.1) is 0 Å². The van der Waals surface area contributed by atoms with E-state index in [-0.39, 0.29) is 35.7 Å². The zero-order chi connectivity index (χ0) is 27.7. The number of nitrogens with zero attached hydrogens (tertiary/aromatic N) is 2. The molecule has 2 N–H and O–H groups in total. The number of rotatable bonds is 7. The average molecular weight is 527 g/mol. The monoisotopic (exact) mass is 527 g/mol. The fraction of sp³-hybridized carbons (Fsp3) is 0.320. The highest BCUT2D eigenvalue weighted by Crippen LogP contribution is 2.34. The van der Waals surface area contributed by atoms with E-state index < -0.39 is 41.0 Å². The number of hydrogen-bond donors (Lipinski definition) is 2. The number of aromatic nitrogens is 2. The number of carbonyl (C=O) groups is 2. The molecule has 0 unspecified atom stereocenters. The smallest absolute Gasteiger partial charge is 0.433 e. The van der Waals surface area contributed by atoms with Gasteiger partial charge in [-0.2, -0.15) is 31.4 Å². The molecule has 0 bridgehead atoms. The van der Waals surface area contributed by atoms with Crippen molar-refractivity contribution in [3.8, 4) is 0 Å². The van der Waals surface area contributed by atoms with Gasteiger partial charge in [-0.3, -0.25) is 9.48 Å². The standard InChI is InChI=1S/C25H23F6N3O3/c1-13-10-16(6-9-18(13)23(36)37)14(2)12-32-22(35)20-19(33-34(3)21(20)25(29,30)31)11-15-4-7-17(8-5-15)24(26,27)28/h4-10,14H,11-12H2,1-3H3,(H,32,35)(H,36,37)/t14-/m1/s1. The van der Waals surface area contributed by atoms with Gasteiger partial charge in [-0.25, -0.2) is 4.79 Å². The van der Waals surface area contributed by atoms with E-state index in [0.717, 1.165) is 31.3 Å². The summed E-state index contributed by atoms with van der Waals surface area (Å²) in [7, 11) is 1.03. The van der Waals surface area contributed by atoms with Crippen LogP contribution >= 0.6 is 0 Å². The first-order chi connectivity index (χ1) is 17.1. The molecule has 12 heteroatoms. The van der Waals surface area contributed by atoms with Crippen molar-refractivity contribution in [1.29, 1.82) is 0 Å². The van der Waals surface area contributed by atoms with Gasteiger partial charge in [0, 0.05) is 20.0 Å². The Labute approximate surface area is 207 Å². The number of aromatic carboxylic acids is 1. The van der Waals surface area contributed by atoms with E-state index in [1.54, 1.807) is 26.0 Å². The molecule has 0 aliphatic rings.